The highest BCUT2D eigenvalue weighted by Crippen LogP contribution is 2.55. The number of fused-ring (bicyclic) bond motifs is 1. The van der Waals surface area contributed by atoms with Gasteiger partial charge in [0.2, 0.25) is 5.91 Å². The first-order chi connectivity index (χ1) is 16.6. The molecular formula is C31H35NO3. The minimum Gasteiger partial charge on any atom is -0.489 e. The number of rotatable bonds is 8. The molecule has 4 rings (SSSR count). The van der Waals surface area contributed by atoms with Crippen molar-refractivity contribution in [2.75, 3.05) is 12.0 Å². The predicted molar refractivity (Wildman–Crippen MR) is 142 cm³/mol. The van der Waals surface area contributed by atoms with Crippen molar-refractivity contribution in [1.82, 2.24) is 0 Å². The minimum atomic E-state index is -0.762. The van der Waals surface area contributed by atoms with Crippen LogP contribution in [-0.4, -0.2) is 13.0 Å². The standard InChI is InChI=1S/C31H35NO3/c1-8-29(2,3)31(6)24-16-12-13-17-26(24)32(28(31)33)27-19-18-23(20-25(27)30(4,5)34-7)35-21-22-14-10-9-11-15-22/h8-20H,1,21H2,2-7H3/t31-/m1/s1. The summed E-state index contributed by atoms with van der Waals surface area (Å²) in [7, 11) is 1.69. The molecular weight excluding hydrogens is 434 g/mol. The van der Waals surface area contributed by atoms with E-state index in [0.29, 0.717) is 6.61 Å². The van der Waals surface area contributed by atoms with Gasteiger partial charge in [0.25, 0.3) is 0 Å². The highest BCUT2D eigenvalue weighted by atomic mass is 16.5. The zero-order valence-corrected chi connectivity index (χ0v) is 21.6. The number of para-hydroxylation sites is 1. The highest BCUT2D eigenvalue weighted by molar-refractivity contribution is 6.14. The summed E-state index contributed by atoms with van der Waals surface area (Å²) in [4.78, 5) is 16.1. The van der Waals surface area contributed by atoms with Crippen LogP contribution in [0.25, 0.3) is 0 Å². The second kappa shape index (κ2) is 9.01. The van der Waals surface area contributed by atoms with Gasteiger partial charge in [-0.25, -0.2) is 0 Å². The van der Waals surface area contributed by atoms with Crippen LogP contribution in [0.5, 0.6) is 5.75 Å². The molecule has 0 saturated heterocycles. The molecule has 1 aliphatic heterocycles. The Morgan fingerprint density at radius 3 is 2.26 bits per heavy atom. The van der Waals surface area contributed by atoms with Crippen molar-refractivity contribution < 1.29 is 14.3 Å². The van der Waals surface area contributed by atoms with Crippen molar-refractivity contribution in [3.63, 3.8) is 0 Å². The number of benzene rings is 3. The van der Waals surface area contributed by atoms with Crippen LogP contribution in [0.3, 0.4) is 0 Å². The van der Waals surface area contributed by atoms with Crippen LogP contribution in [0.4, 0.5) is 11.4 Å². The molecule has 0 saturated carbocycles. The summed E-state index contributed by atoms with van der Waals surface area (Å²) in [6, 6.07) is 24.0. The van der Waals surface area contributed by atoms with Crippen molar-refractivity contribution in [2.24, 2.45) is 5.41 Å². The third-order valence-corrected chi connectivity index (χ3v) is 7.73. The number of nitrogens with zero attached hydrogens (tertiary/aromatic N) is 1. The van der Waals surface area contributed by atoms with E-state index in [2.05, 4.69) is 26.5 Å². The number of carbonyl (C=O) groups excluding carboxylic acids is 1. The highest BCUT2D eigenvalue weighted by Gasteiger charge is 2.55. The van der Waals surface area contributed by atoms with Crippen molar-refractivity contribution >= 4 is 17.3 Å². The molecule has 0 aromatic heterocycles. The number of hydrogen-bond donors (Lipinski definition) is 0. The number of methoxy groups -OCH3 is 1. The molecule has 0 unspecified atom stereocenters. The molecule has 182 valence electrons. The summed E-state index contributed by atoms with van der Waals surface area (Å²) in [5.41, 5.74) is 2.80. The average molecular weight is 470 g/mol. The maximum Gasteiger partial charge on any atom is 0.242 e. The van der Waals surface area contributed by atoms with E-state index in [1.165, 1.54) is 0 Å². The molecule has 4 heteroatoms. The summed E-state index contributed by atoms with van der Waals surface area (Å²) in [6.07, 6.45) is 1.88. The van der Waals surface area contributed by atoms with Gasteiger partial charge in [0, 0.05) is 18.1 Å². The number of amides is 1. The fourth-order valence-corrected chi connectivity index (χ4v) is 4.74. The van der Waals surface area contributed by atoms with Gasteiger partial charge in [-0.3, -0.25) is 9.69 Å². The smallest absolute Gasteiger partial charge is 0.242 e. The molecule has 0 fully saturated rings. The van der Waals surface area contributed by atoms with Gasteiger partial charge in [-0.1, -0.05) is 68.5 Å². The van der Waals surface area contributed by atoms with E-state index in [4.69, 9.17) is 9.47 Å². The Morgan fingerprint density at radius 1 is 0.943 bits per heavy atom. The van der Waals surface area contributed by atoms with Gasteiger partial charge in [-0.05, 0) is 56.2 Å². The molecule has 3 aromatic carbocycles. The summed E-state index contributed by atoms with van der Waals surface area (Å²) < 4.78 is 12.0. The van der Waals surface area contributed by atoms with E-state index < -0.39 is 16.4 Å². The van der Waals surface area contributed by atoms with Crippen molar-refractivity contribution in [2.45, 2.75) is 52.2 Å². The first-order valence-corrected chi connectivity index (χ1v) is 12.0. The third kappa shape index (κ3) is 4.06. The number of anilines is 2. The summed E-state index contributed by atoms with van der Waals surface area (Å²) in [6.45, 7) is 14.7. The van der Waals surface area contributed by atoms with E-state index >= 15 is 0 Å². The first kappa shape index (κ1) is 24.7. The second-order valence-electron chi connectivity index (χ2n) is 10.4. The van der Waals surface area contributed by atoms with E-state index in [9.17, 15) is 4.79 Å². The average Bonchev–Trinajstić information content (AvgIpc) is 3.11. The fourth-order valence-electron chi connectivity index (χ4n) is 4.74. The van der Waals surface area contributed by atoms with Gasteiger partial charge >= 0.3 is 0 Å². The van der Waals surface area contributed by atoms with Crippen LogP contribution in [0.2, 0.25) is 0 Å². The molecule has 1 aliphatic rings. The molecule has 0 bridgehead atoms. The van der Waals surface area contributed by atoms with Crippen LogP contribution in [0.15, 0.2) is 85.5 Å². The van der Waals surface area contributed by atoms with Gasteiger partial charge < -0.3 is 9.47 Å². The Hall–Kier alpha value is -3.37. The Morgan fingerprint density at radius 2 is 1.60 bits per heavy atom. The second-order valence-corrected chi connectivity index (χ2v) is 10.4. The van der Waals surface area contributed by atoms with Crippen LogP contribution >= 0.6 is 0 Å². The number of carbonyl (C=O) groups is 1. The Kier molecular flexibility index (Phi) is 6.37. The van der Waals surface area contributed by atoms with Crippen LogP contribution in [-0.2, 0) is 27.2 Å². The van der Waals surface area contributed by atoms with Gasteiger partial charge in [0.15, 0.2) is 0 Å². The number of allylic oxidation sites excluding steroid dienone is 1. The summed E-state index contributed by atoms with van der Waals surface area (Å²) >= 11 is 0. The maximum atomic E-state index is 14.3. The predicted octanol–water partition coefficient (Wildman–Crippen LogP) is 7.30. The largest absolute Gasteiger partial charge is 0.489 e. The molecule has 0 radical (unpaired) electrons. The molecule has 3 aromatic rings. The topological polar surface area (TPSA) is 38.8 Å². The first-order valence-electron chi connectivity index (χ1n) is 12.0. The lowest BCUT2D eigenvalue weighted by molar-refractivity contribution is -0.124. The zero-order chi connectivity index (χ0) is 25.4. The minimum absolute atomic E-state index is 0.0229. The molecule has 1 amide bonds. The van der Waals surface area contributed by atoms with Crippen LogP contribution in [0.1, 0.15) is 51.3 Å². The zero-order valence-electron chi connectivity index (χ0n) is 21.6. The van der Waals surface area contributed by atoms with Crippen LogP contribution < -0.4 is 9.64 Å². The quantitative estimate of drug-likeness (QED) is 0.325. The van der Waals surface area contributed by atoms with E-state index in [0.717, 1.165) is 33.8 Å². The van der Waals surface area contributed by atoms with Gasteiger partial charge in [0.1, 0.15) is 12.4 Å². The van der Waals surface area contributed by atoms with Gasteiger partial charge in [-0.2, -0.15) is 0 Å². The summed E-state index contributed by atoms with van der Waals surface area (Å²) in [5, 5.41) is 0. The third-order valence-electron chi connectivity index (χ3n) is 7.73. The van der Waals surface area contributed by atoms with Gasteiger partial charge in [-0.15, -0.1) is 6.58 Å². The lowest BCUT2D eigenvalue weighted by Gasteiger charge is -2.38. The van der Waals surface area contributed by atoms with Crippen LogP contribution in [0, 0.1) is 5.41 Å². The number of hydrogen-bond acceptors (Lipinski definition) is 3. The normalized spacial score (nSPS) is 17.9. The van der Waals surface area contributed by atoms with Crippen molar-refractivity contribution in [3.8, 4) is 5.75 Å². The van der Waals surface area contributed by atoms with Gasteiger partial charge in [0.05, 0.1) is 22.4 Å². The fraction of sp³-hybridized carbons (Fsp3) is 0.323. The molecule has 0 aliphatic carbocycles. The Labute approximate surface area is 209 Å². The summed E-state index contributed by atoms with van der Waals surface area (Å²) in [5.74, 6) is 0.751. The Bertz CT molecular complexity index is 1250. The van der Waals surface area contributed by atoms with Crippen molar-refractivity contribution in [1.29, 1.82) is 0 Å². The molecule has 35 heavy (non-hydrogen) atoms. The van der Waals surface area contributed by atoms with E-state index in [1.54, 1.807) is 7.11 Å². The molecule has 1 heterocycles. The lowest BCUT2D eigenvalue weighted by Crippen LogP contribution is -2.46. The Balaban J connectivity index is 1.83. The monoisotopic (exact) mass is 469 g/mol. The molecule has 1 atom stereocenters. The molecule has 0 N–H and O–H groups in total. The lowest BCUT2D eigenvalue weighted by atomic mass is 9.63. The van der Waals surface area contributed by atoms with E-state index in [-0.39, 0.29) is 5.91 Å². The number of ether oxygens (including phenoxy) is 2. The SMILES string of the molecule is C=CC(C)(C)[C@@]1(C)C(=O)N(c2ccc(OCc3ccccc3)cc2C(C)(C)OC)c2ccccc21. The van der Waals surface area contributed by atoms with E-state index in [1.807, 2.05) is 98.5 Å². The molecule has 0 spiro atoms. The molecule has 4 nitrogen and oxygen atoms in total. The van der Waals surface area contributed by atoms with Crippen molar-refractivity contribution in [3.05, 3.63) is 102 Å². The maximum absolute atomic E-state index is 14.3.